The predicted molar refractivity (Wildman–Crippen MR) is 57.5 cm³/mol. The van der Waals surface area contributed by atoms with Crippen molar-refractivity contribution in [1.29, 1.82) is 0 Å². The Morgan fingerprint density at radius 3 is 2.50 bits per heavy atom. The van der Waals surface area contributed by atoms with Crippen molar-refractivity contribution in [2.24, 2.45) is 0 Å². The van der Waals surface area contributed by atoms with Crippen LogP contribution < -0.4 is 0 Å². The lowest BCUT2D eigenvalue weighted by Crippen LogP contribution is -2.12. The molecule has 0 fully saturated rings. The molecule has 0 saturated heterocycles. The number of aliphatic hydroxyl groups is 1. The standard InChI is InChI=1S/C11H16O5/c1-4-6-9(12)16-8(3)10(13)11(14)15-7-5-2/h4,6,13H,5,7H2,1-3H3. The molecule has 0 amide bonds. The van der Waals surface area contributed by atoms with Crippen LogP contribution in [0.25, 0.3) is 0 Å². The first-order valence-electron chi connectivity index (χ1n) is 4.94. The molecule has 0 bridgehead atoms. The molecule has 90 valence electrons. The summed E-state index contributed by atoms with van der Waals surface area (Å²) in [6.07, 6.45) is 3.31. The van der Waals surface area contributed by atoms with Gasteiger partial charge < -0.3 is 14.6 Å². The summed E-state index contributed by atoms with van der Waals surface area (Å²) in [5, 5.41) is 9.33. The van der Waals surface area contributed by atoms with Gasteiger partial charge in [0.2, 0.25) is 5.76 Å². The molecule has 0 radical (unpaired) electrons. The summed E-state index contributed by atoms with van der Waals surface area (Å²) in [5.74, 6) is -2.42. The van der Waals surface area contributed by atoms with E-state index in [1.807, 2.05) is 6.92 Å². The van der Waals surface area contributed by atoms with Crippen LogP contribution in [0.2, 0.25) is 0 Å². The molecule has 0 spiro atoms. The number of ether oxygens (including phenoxy) is 2. The molecule has 0 aliphatic heterocycles. The lowest BCUT2D eigenvalue weighted by molar-refractivity contribution is -0.143. The third kappa shape index (κ3) is 5.19. The highest BCUT2D eigenvalue weighted by atomic mass is 16.6. The van der Waals surface area contributed by atoms with Gasteiger partial charge in [-0.25, -0.2) is 9.59 Å². The second-order valence-electron chi connectivity index (χ2n) is 2.96. The molecule has 0 saturated carbocycles. The first kappa shape index (κ1) is 14.2. The van der Waals surface area contributed by atoms with Gasteiger partial charge in [-0.2, -0.15) is 0 Å². The number of esters is 2. The fourth-order valence-corrected chi connectivity index (χ4v) is 0.776. The second kappa shape index (κ2) is 7.50. The first-order valence-corrected chi connectivity index (χ1v) is 4.94. The number of carbonyl (C=O) groups is 2. The average Bonchev–Trinajstić information content (AvgIpc) is 2.24. The molecule has 0 aliphatic rings. The Morgan fingerprint density at radius 2 is 2.00 bits per heavy atom. The van der Waals surface area contributed by atoms with Crippen molar-refractivity contribution in [1.82, 2.24) is 0 Å². The smallest absolute Gasteiger partial charge is 0.377 e. The third-order valence-electron chi connectivity index (χ3n) is 1.52. The molecular weight excluding hydrogens is 212 g/mol. The maximum Gasteiger partial charge on any atom is 0.377 e. The molecule has 0 unspecified atom stereocenters. The minimum absolute atomic E-state index is 0.177. The number of carbonyl (C=O) groups excluding carboxylic acids is 2. The van der Waals surface area contributed by atoms with Crippen LogP contribution in [0.5, 0.6) is 0 Å². The van der Waals surface area contributed by atoms with Gasteiger partial charge in [0.1, 0.15) is 0 Å². The van der Waals surface area contributed by atoms with Gasteiger partial charge in [0, 0.05) is 6.08 Å². The van der Waals surface area contributed by atoms with Crippen molar-refractivity contribution < 1.29 is 24.2 Å². The maximum absolute atomic E-state index is 11.1. The van der Waals surface area contributed by atoms with E-state index in [-0.39, 0.29) is 12.4 Å². The van der Waals surface area contributed by atoms with Crippen molar-refractivity contribution in [3.05, 3.63) is 23.7 Å². The highest BCUT2D eigenvalue weighted by Gasteiger charge is 2.15. The van der Waals surface area contributed by atoms with Crippen molar-refractivity contribution in [2.45, 2.75) is 27.2 Å². The maximum atomic E-state index is 11.1. The number of aliphatic hydroxyl groups excluding tert-OH is 1. The fraction of sp³-hybridized carbons (Fsp3) is 0.455. The molecule has 5 nitrogen and oxygen atoms in total. The van der Waals surface area contributed by atoms with E-state index in [1.54, 1.807) is 6.92 Å². The van der Waals surface area contributed by atoms with Gasteiger partial charge in [-0.05, 0) is 20.3 Å². The normalized spacial score (nSPS) is 12.2. The number of hydrogen-bond donors (Lipinski definition) is 1. The second-order valence-corrected chi connectivity index (χ2v) is 2.96. The van der Waals surface area contributed by atoms with E-state index in [4.69, 9.17) is 0 Å². The van der Waals surface area contributed by atoms with Crippen LogP contribution in [0, 0.1) is 0 Å². The van der Waals surface area contributed by atoms with Crippen molar-refractivity contribution in [3.8, 4) is 0 Å². The summed E-state index contributed by atoms with van der Waals surface area (Å²) < 4.78 is 9.32. The summed E-state index contributed by atoms with van der Waals surface area (Å²) in [4.78, 5) is 22.1. The summed E-state index contributed by atoms with van der Waals surface area (Å²) in [6.45, 7) is 4.99. The Labute approximate surface area is 94.4 Å². The van der Waals surface area contributed by atoms with Crippen LogP contribution in [0.3, 0.4) is 0 Å². The minimum Gasteiger partial charge on any atom is -0.499 e. The van der Waals surface area contributed by atoms with Gasteiger partial charge in [-0.1, -0.05) is 13.0 Å². The summed E-state index contributed by atoms with van der Waals surface area (Å²) >= 11 is 0. The summed E-state index contributed by atoms with van der Waals surface area (Å²) in [7, 11) is 0. The fourth-order valence-electron chi connectivity index (χ4n) is 0.776. The van der Waals surface area contributed by atoms with Crippen molar-refractivity contribution in [3.63, 3.8) is 0 Å². The molecule has 0 aromatic carbocycles. The zero-order valence-electron chi connectivity index (χ0n) is 9.65. The van der Waals surface area contributed by atoms with Crippen LogP contribution in [0.15, 0.2) is 23.7 Å². The Hall–Kier alpha value is -1.78. The Kier molecular flexibility index (Phi) is 6.67. The van der Waals surface area contributed by atoms with Crippen LogP contribution >= 0.6 is 0 Å². The molecule has 0 heterocycles. The molecule has 0 aliphatic carbocycles. The Bertz CT molecular complexity index is 314. The van der Waals surface area contributed by atoms with Crippen LogP contribution in [-0.2, 0) is 19.1 Å². The zero-order chi connectivity index (χ0) is 12.6. The van der Waals surface area contributed by atoms with Gasteiger partial charge in [0.05, 0.1) is 6.61 Å². The van der Waals surface area contributed by atoms with Crippen molar-refractivity contribution in [2.75, 3.05) is 6.61 Å². The van der Waals surface area contributed by atoms with Crippen molar-refractivity contribution >= 4 is 11.9 Å². The third-order valence-corrected chi connectivity index (χ3v) is 1.52. The molecule has 0 aromatic rings. The van der Waals surface area contributed by atoms with E-state index in [2.05, 4.69) is 9.47 Å². The summed E-state index contributed by atoms with van der Waals surface area (Å²) in [6, 6.07) is 0. The Balaban J connectivity index is 4.45. The van der Waals surface area contributed by atoms with Crippen LogP contribution in [0.4, 0.5) is 0 Å². The van der Waals surface area contributed by atoms with Gasteiger partial charge in [0.15, 0.2) is 5.76 Å². The largest absolute Gasteiger partial charge is 0.499 e. The van der Waals surface area contributed by atoms with Gasteiger partial charge >= 0.3 is 11.9 Å². The SMILES string of the molecule is CC=CC(=O)OC(C)=C(O)C(=O)OCCC. The Morgan fingerprint density at radius 1 is 1.38 bits per heavy atom. The average molecular weight is 228 g/mol. The van der Waals surface area contributed by atoms with E-state index in [0.717, 1.165) is 0 Å². The highest BCUT2D eigenvalue weighted by molar-refractivity contribution is 5.88. The molecule has 1 N–H and O–H groups in total. The van der Waals surface area contributed by atoms with E-state index < -0.39 is 17.7 Å². The van der Waals surface area contributed by atoms with E-state index >= 15 is 0 Å². The molecule has 5 heteroatoms. The highest BCUT2D eigenvalue weighted by Crippen LogP contribution is 2.05. The van der Waals surface area contributed by atoms with E-state index in [1.165, 1.54) is 19.1 Å². The quantitative estimate of drug-likeness (QED) is 0.441. The predicted octanol–water partition coefficient (Wildman–Crippen LogP) is 1.85. The van der Waals surface area contributed by atoms with E-state index in [0.29, 0.717) is 6.42 Å². The van der Waals surface area contributed by atoms with Gasteiger partial charge in [0.25, 0.3) is 0 Å². The summed E-state index contributed by atoms with van der Waals surface area (Å²) in [5.41, 5.74) is 0. The van der Waals surface area contributed by atoms with Crippen LogP contribution in [0.1, 0.15) is 27.2 Å². The molecular formula is C11H16O5. The monoisotopic (exact) mass is 228 g/mol. The molecule has 0 aromatic heterocycles. The van der Waals surface area contributed by atoms with Gasteiger partial charge in [-0.15, -0.1) is 0 Å². The topological polar surface area (TPSA) is 72.8 Å². The lowest BCUT2D eigenvalue weighted by Gasteiger charge is -2.05. The van der Waals surface area contributed by atoms with Gasteiger partial charge in [-0.3, -0.25) is 0 Å². The molecule has 0 rings (SSSR count). The minimum atomic E-state index is -0.896. The zero-order valence-corrected chi connectivity index (χ0v) is 9.65. The molecule has 0 atom stereocenters. The number of allylic oxidation sites excluding steroid dienone is 2. The molecule has 16 heavy (non-hydrogen) atoms. The lowest BCUT2D eigenvalue weighted by atomic mass is 10.4. The van der Waals surface area contributed by atoms with E-state index in [9.17, 15) is 14.7 Å². The number of rotatable bonds is 5. The van der Waals surface area contributed by atoms with Crippen LogP contribution in [-0.4, -0.2) is 23.7 Å². The first-order chi connectivity index (χ1) is 7.52. The number of hydrogen-bond acceptors (Lipinski definition) is 5.